The lowest BCUT2D eigenvalue weighted by Gasteiger charge is -2.31. The van der Waals surface area contributed by atoms with E-state index in [1.165, 1.54) is 0 Å². The Morgan fingerprint density at radius 2 is 1.88 bits per heavy atom. The van der Waals surface area contributed by atoms with E-state index in [2.05, 4.69) is 30.7 Å². The summed E-state index contributed by atoms with van der Waals surface area (Å²) in [4.78, 5) is 17.2. The molecule has 1 aromatic rings. The summed E-state index contributed by atoms with van der Waals surface area (Å²) in [5, 5.41) is 0. The molecule has 1 fully saturated rings. The zero-order valence-electron chi connectivity index (χ0n) is 16.7. The molecule has 0 aromatic heterocycles. The standard InChI is InChI=1S/C21H34N2O3/c1-5-17(2)22(4)11-6-14-26-20-9-7-19(8-10-20)21(24)18(3)23-12-15-25-16-13-23/h7-10,17-18H,5-6,11-16H2,1-4H3. The van der Waals surface area contributed by atoms with Crippen molar-refractivity contribution < 1.29 is 14.3 Å². The van der Waals surface area contributed by atoms with E-state index in [-0.39, 0.29) is 11.8 Å². The molecule has 1 aromatic carbocycles. The molecule has 1 heterocycles. The van der Waals surface area contributed by atoms with Crippen LogP contribution >= 0.6 is 0 Å². The Labute approximate surface area is 158 Å². The summed E-state index contributed by atoms with van der Waals surface area (Å²) in [6, 6.07) is 8.05. The van der Waals surface area contributed by atoms with Gasteiger partial charge in [0.15, 0.2) is 5.78 Å². The largest absolute Gasteiger partial charge is 0.494 e. The third kappa shape index (κ3) is 6.08. The van der Waals surface area contributed by atoms with Crippen molar-refractivity contribution in [2.75, 3.05) is 46.5 Å². The first-order chi connectivity index (χ1) is 12.5. The lowest BCUT2D eigenvalue weighted by atomic mass is 10.0. The first kappa shape index (κ1) is 20.9. The van der Waals surface area contributed by atoms with Crippen LogP contribution in [0.2, 0.25) is 0 Å². The number of carbonyl (C=O) groups is 1. The van der Waals surface area contributed by atoms with Gasteiger partial charge in [0.1, 0.15) is 5.75 Å². The summed E-state index contributed by atoms with van der Waals surface area (Å²) in [5.41, 5.74) is 0.743. The second-order valence-electron chi connectivity index (χ2n) is 7.15. The molecule has 2 rings (SSSR count). The molecule has 5 nitrogen and oxygen atoms in total. The second kappa shape index (κ2) is 10.7. The predicted octanol–water partition coefficient (Wildman–Crippen LogP) is 3.09. The smallest absolute Gasteiger partial charge is 0.179 e. The van der Waals surface area contributed by atoms with Crippen LogP contribution in [0.1, 0.15) is 44.0 Å². The van der Waals surface area contributed by atoms with E-state index >= 15 is 0 Å². The van der Waals surface area contributed by atoms with Gasteiger partial charge in [0.05, 0.1) is 25.9 Å². The van der Waals surface area contributed by atoms with Crippen LogP contribution in [-0.2, 0) is 4.74 Å². The zero-order valence-corrected chi connectivity index (χ0v) is 16.7. The fourth-order valence-electron chi connectivity index (χ4n) is 3.12. The molecule has 0 bridgehead atoms. The highest BCUT2D eigenvalue weighted by atomic mass is 16.5. The summed E-state index contributed by atoms with van der Waals surface area (Å²) < 4.78 is 11.2. The van der Waals surface area contributed by atoms with Gasteiger partial charge in [-0.15, -0.1) is 0 Å². The Hall–Kier alpha value is -1.43. The van der Waals surface area contributed by atoms with E-state index in [0.29, 0.717) is 25.9 Å². The number of ketones is 1. The number of benzene rings is 1. The maximum atomic E-state index is 12.7. The molecule has 1 aliphatic heterocycles. The number of morpholine rings is 1. The maximum absolute atomic E-state index is 12.7. The Bertz CT molecular complexity index is 541. The molecular formula is C21H34N2O3. The highest BCUT2D eigenvalue weighted by molar-refractivity contribution is 5.99. The molecule has 1 saturated heterocycles. The van der Waals surface area contributed by atoms with E-state index in [1.807, 2.05) is 31.2 Å². The van der Waals surface area contributed by atoms with E-state index in [1.54, 1.807) is 0 Å². The van der Waals surface area contributed by atoms with E-state index in [0.717, 1.165) is 43.8 Å². The third-order valence-corrected chi connectivity index (χ3v) is 5.38. The van der Waals surface area contributed by atoms with E-state index in [9.17, 15) is 4.79 Å². The topological polar surface area (TPSA) is 42.0 Å². The van der Waals surface area contributed by atoms with Crippen molar-refractivity contribution in [3.8, 4) is 5.75 Å². The monoisotopic (exact) mass is 362 g/mol. The number of ether oxygens (including phenoxy) is 2. The van der Waals surface area contributed by atoms with Crippen LogP contribution in [-0.4, -0.2) is 74.2 Å². The Morgan fingerprint density at radius 1 is 1.23 bits per heavy atom. The van der Waals surface area contributed by atoms with Crippen LogP contribution in [0.4, 0.5) is 0 Å². The van der Waals surface area contributed by atoms with Gasteiger partial charge in [-0.2, -0.15) is 0 Å². The number of Topliss-reactive ketones (excluding diaryl/α,β-unsaturated/α-hetero) is 1. The second-order valence-corrected chi connectivity index (χ2v) is 7.15. The molecular weight excluding hydrogens is 328 g/mol. The van der Waals surface area contributed by atoms with Crippen molar-refractivity contribution in [3.63, 3.8) is 0 Å². The van der Waals surface area contributed by atoms with Gasteiger partial charge >= 0.3 is 0 Å². The van der Waals surface area contributed by atoms with Crippen molar-refractivity contribution >= 4 is 5.78 Å². The van der Waals surface area contributed by atoms with Gasteiger partial charge in [0.2, 0.25) is 0 Å². The van der Waals surface area contributed by atoms with Crippen molar-refractivity contribution in [1.82, 2.24) is 9.80 Å². The fourth-order valence-corrected chi connectivity index (χ4v) is 3.12. The van der Waals surface area contributed by atoms with Gasteiger partial charge in [0.25, 0.3) is 0 Å². The highest BCUT2D eigenvalue weighted by Crippen LogP contribution is 2.16. The minimum Gasteiger partial charge on any atom is -0.494 e. The minimum atomic E-state index is -0.109. The Balaban J connectivity index is 1.77. The molecule has 0 saturated carbocycles. The zero-order chi connectivity index (χ0) is 18.9. The summed E-state index contributed by atoms with van der Waals surface area (Å²) in [6.45, 7) is 11.2. The summed E-state index contributed by atoms with van der Waals surface area (Å²) >= 11 is 0. The predicted molar refractivity (Wildman–Crippen MR) is 105 cm³/mol. The minimum absolute atomic E-state index is 0.109. The molecule has 0 radical (unpaired) electrons. The van der Waals surface area contributed by atoms with Crippen LogP contribution in [0.15, 0.2) is 24.3 Å². The lowest BCUT2D eigenvalue weighted by molar-refractivity contribution is 0.0208. The molecule has 0 N–H and O–H groups in total. The normalized spacial score (nSPS) is 17.9. The first-order valence-corrected chi connectivity index (χ1v) is 9.82. The number of rotatable bonds is 10. The number of hydrogen-bond acceptors (Lipinski definition) is 5. The van der Waals surface area contributed by atoms with Crippen molar-refractivity contribution in [2.24, 2.45) is 0 Å². The summed E-state index contributed by atoms with van der Waals surface area (Å²) in [5.74, 6) is 0.986. The summed E-state index contributed by atoms with van der Waals surface area (Å²) in [6.07, 6.45) is 2.16. The third-order valence-electron chi connectivity index (χ3n) is 5.38. The molecule has 146 valence electrons. The van der Waals surface area contributed by atoms with Gasteiger partial charge < -0.3 is 14.4 Å². The number of carbonyl (C=O) groups excluding carboxylic acids is 1. The molecule has 2 atom stereocenters. The quantitative estimate of drug-likeness (QED) is 0.473. The average Bonchev–Trinajstić information content (AvgIpc) is 2.70. The molecule has 26 heavy (non-hydrogen) atoms. The van der Waals surface area contributed by atoms with Gasteiger partial charge in [-0.3, -0.25) is 9.69 Å². The molecule has 0 amide bonds. The van der Waals surface area contributed by atoms with Gasteiger partial charge in [-0.25, -0.2) is 0 Å². The number of nitrogens with zero attached hydrogens (tertiary/aromatic N) is 2. The molecule has 2 unspecified atom stereocenters. The molecule has 0 spiro atoms. The molecule has 5 heteroatoms. The fraction of sp³-hybridized carbons (Fsp3) is 0.667. The van der Waals surface area contributed by atoms with Gasteiger partial charge in [0, 0.05) is 31.2 Å². The lowest BCUT2D eigenvalue weighted by Crippen LogP contribution is -2.45. The van der Waals surface area contributed by atoms with Crippen molar-refractivity contribution in [2.45, 2.75) is 45.7 Å². The van der Waals surface area contributed by atoms with Gasteiger partial charge in [-0.1, -0.05) is 6.92 Å². The van der Waals surface area contributed by atoms with Crippen LogP contribution in [0.25, 0.3) is 0 Å². The van der Waals surface area contributed by atoms with Crippen LogP contribution in [0.3, 0.4) is 0 Å². The van der Waals surface area contributed by atoms with E-state index < -0.39 is 0 Å². The molecule has 1 aliphatic rings. The Kier molecular flexibility index (Phi) is 8.55. The van der Waals surface area contributed by atoms with E-state index in [4.69, 9.17) is 9.47 Å². The SMILES string of the molecule is CCC(C)N(C)CCCOc1ccc(C(=O)C(C)N2CCOCC2)cc1. The summed E-state index contributed by atoms with van der Waals surface area (Å²) in [7, 11) is 2.16. The van der Waals surface area contributed by atoms with Crippen molar-refractivity contribution in [1.29, 1.82) is 0 Å². The van der Waals surface area contributed by atoms with Crippen LogP contribution in [0, 0.1) is 0 Å². The number of hydrogen-bond donors (Lipinski definition) is 0. The average molecular weight is 363 g/mol. The van der Waals surface area contributed by atoms with Crippen molar-refractivity contribution in [3.05, 3.63) is 29.8 Å². The van der Waals surface area contributed by atoms with Crippen LogP contribution < -0.4 is 4.74 Å². The highest BCUT2D eigenvalue weighted by Gasteiger charge is 2.24. The van der Waals surface area contributed by atoms with Gasteiger partial charge in [-0.05, 0) is 58.0 Å². The van der Waals surface area contributed by atoms with Crippen LogP contribution in [0.5, 0.6) is 5.75 Å². The maximum Gasteiger partial charge on any atom is 0.179 e. The molecule has 0 aliphatic carbocycles. The Morgan fingerprint density at radius 3 is 2.50 bits per heavy atom. The first-order valence-electron chi connectivity index (χ1n) is 9.82.